The van der Waals surface area contributed by atoms with E-state index in [9.17, 15) is 0 Å². The van der Waals surface area contributed by atoms with E-state index in [1.165, 1.54) is 108 Å². The minimum absolute atomic E-state index is 0.672. The van der Waals surface area contributed by atoms with Gasteiger partial charge in [-0.25, -0.2) is 9.55 Å². The summed E-state index contributed by atoms with van der Waals surface area (Å²) in [7, 11) is 0. The zero-order chi connectivity index (χ0) is 21.3. The van der Waals surface area contributed by atoms with E-state index < -0.39 is 0 Å². The minimum Gasteiger partial charge on any atom is -0.247 e. The van der Waals surface area contributed by atoms with Crippen LogP contribution in [0.1, 0.15) is 127 Å². The Morgan fingerprint density at radius 3 is 1.80 bits per heavy atom. The number of nitrogens with one attached hydrogen (secondary N) is 1. The van der Waals surface area contributed by atoms with E-state index in [1.807, 2.05) is 0 Å². The van der Waals surface area contributed by atoms with Crippen LogP contribution < -0.4 is 4.57 Å². The summed E-state index contributed by atoms with van der Waals surface area (Å²) in [4.78, 5) is 3.62. The molecule has 1 N–H and O–H groups in total. The second kappa shape index (κ2) is 16.2. The van der Waals surface area contributed by atoms with Gasteiger partial charge in [0.05, 0.1) is 5.92 Å². The van der Waals surface area contributed by atoms with Crippen molar-refractivity contribution in [3.63, 3.8) is 0 Å². The third kappa shape index (κ3) is 9.96. The van der Waals surface area contributed by atoms with Crippen LogP contribution in [0.4, 0.5) is 0 Å². The molecule has 2 aromatic rings. The Labute approximate surface area is 186 Å². The Hall–Kier alpha value is -1.57. The molecule has 0 radical (unpaired) electrons. The fraction of sp³-hybridized carbons (Fsp3) is 0.679. The molecule has 1 aromatic heterocycles. The number of rotatable bonds is 18. The first kappa shape index (κ1) is 24.7. The Kier molecular flexibility index (Phi) is 13.3. The van der Waals surface area contributed by atoms with Crippen LogP contribution in [0.2, 0.25) is 0 Å². The lowest BCUT2D eigenvalue weighted by atomic mass is 9.93. The minimum atomic E-state index is 0.672. The first-order chi connectivity index (χ1) is 14.8. The number of nitrogens with zero attached hydrogens (tertiary/aromatic N) is 1. The SMILES string of the molecule is CCCCCCCCCC[C@H](CCCCCCC)c1[nH]cc[n+]1Cc1ccccc1. The van der Waals surface area contributed by atoms with Gasteiger partial charge in [-0.3, -0.25) is 0 Å². The van der Waals surface area contributed by atoms with Gasteiger partial charge < -0.3 is 0 Å². The number of hydrogen-bond acceptors (Lipinski definition) is 0. The highest BCUT2D eigenvalue weighted by atomic mass is 15.1. The van der Waals surface area contributed by atoms with Gasteiger partial charge >= 0.3 is 0 Å². The molecule has 0 aliphatic heterocycles. The lowest BCUT2D eigenvalue weighted by Crippen LogP contribution is -2.38. The number of hydrogen-bond donors (Lipinski definition) is 1. The van der Waals surface area contributed by atoms with Crippen molar-refractivity contribution < 1.29 is 4.57 Å². The molecule has 1 aromatic carbocycles. The molecule has 2 nitrogen and oxygen atoms in total. The predicted molar refractivity (Wildman–Crippen MR) is 130 cm³/mol. The van der Waals surface area contributed by atoms with Crippen molar-refractivity contribution in [3.05, 3.63) is 54.1 Å². The van der Waals surface area contributed by atoms with Crippen molar-refractivity contribution in [1.29, 1.82) is 0 Å². The molecule has 0 saturated heterocycles. The molecule has 0 amide bonds. The van der Waals surface area contributed by atoms with E-state index >= 15 is 0 Å². The van der Waals surface area contributed by atoms with Gasteiger partial charge in [0.2, 0.25) is 0 Å². The second-order valence-corrected chi connectivity index (χ2v) is 9.12. The van der Waals surface area contributed by atoms with Gasteiger partial charge in [0.1, 0.15) is 18.9 Å². The number of aromatic nitrogens is 2. The van der Waals surface area contributed by atoms with E-state index in [0.29, 0.717) is 5.92 Å². The highest BCUT2D eigenvalue weighted by Crippen LogP contribution is 2.26. The second-order valence-electron chi connectivity index (χ2n) is 9.12. The highest BCUT2D eigenvalue weighted by Gasteiger charge is 2.22. The van der Waals surface area contributed by atoms with Crippen LogP contribution in [0, 0.1) is 0 Å². The fourth-order valence-electron chi connectivity index (χ4n) is 4.58. The summed E-state index contributed by atoms with van der Waals surface area (Å²) >= 11 is 0. The molecule has 2 rings (SSSR count). The monoisotopic (exact) mass is 411 g/mol. The van der Waals surface area contributed by atoms with Crippen molar-refractivity contribution >= 4 is 0 Å². The zero-order valence-corrected chi connectivity index (χ0v) is 19.9. The maximum absolute atomic E-state index is 3.62. The quantitative estimate of drug-likeness (QED) is 0.188. The molecular formula is C28H47N2+. The Morgan fingerprint density at radius 1 is 0.700 bits per heavy atom. The maximum atomic E-state index is 3.62. The van der Waals surface area contributed by atoms with Crippen molar-refractivity contribution in [2.24, 2.45) is 0 Å². The van der Waals surface area contributed by atoms with Crippen LogP contribution in [-0.4, -0.2) is 4.98 Å². The van der Waals surface area contributed by atoms with E-state index in [2.05, 4.69) is 66.1 Å². The third-order valence-corrected chi connectivity index (χ3v) is 6.44. The zero-order valence-electron chi connectivity index (χ0n) is 19.9. The van der Waals surface area contributed by atoms with Gasteiger partial charge in [-0.1, -0.05) is 128 Å². The summed E-state index contributed by atoms with van der Waals surface area (Å²) in [6.07, 6.45) is 25.1. The van der Waals surface area contributed by atoms with E-state index in [4.69, 9.17) is 0 Å². The molecule has 1 atom stereocenters. The number of benzene rings is 1. The normalized spacial score (nSPS) is 12.3. The van der Waals surface area contributed by atoms with Crippen molar-refractivity contribution in [3.8, 4) is 0 Å². The molecule has 2 heteroatoms. The lowest BCUT2D eigenvalue weighted by molar-refractivity contribution is -0.695. The van der Waals surface area contributed by atoms with Gasteiger partial charge in [-0.05, 0) is 18.4 Å². The van der Waals surface area contributed by atoms with Crippen molar-refractivity contribution in [2.75, 3.05) is 0 Å². The molecule has 30 heavy (non-hydrogen) atoms. The number of H-pyrrole nitrogens is 1. The van der Waals surface area contributed by atoms with Crippen LogP contribution in [0.5, 0.6) is 0 Å². The average Bonchev–Trinajstić information content (AvgIpc) is 3.22. The first-order valence-corrected chi connectivity index (χ1v) is 13.0. The first-order valence-electron chi connectivity index (χ1n) is 13.0. The van der Waals surface area contributed by atoms with E-state index in [0.717, 1.165) is 6.54 Å². The number of unbranched alkanes of at least 4 members (excludes halogenated alkanes) is 11. The maximum Gasteiger partial charge on any atom is 0.257 e. The van der Waals surface area contributed by atoms with Gasteiger partial charge in [0, 0.05) is 0 Å². The molecule has 0 spiro atoms. The standard InChI is InChI=1S/C28H46N2/c1-3-5-7-9-10-11-13-18-22-27(21-17-12-8-6-4-2)28-29-23-24-30(28)25-26-19-15-14-16-20-26/h14-16,19-20,23-24,27H,3-13,17-18,21-22,25H2,1-2H3/p+1/t27-/m0/s1. The van der Waals surface area contributed by atoms with Crippen LogP contribution in [0.25, 0.3) is 0 Å². The molecule has 0 fully saturated rings. The van der Waals surface area contributed by atoms with Crippen LogP contribution in [0.15, 0.2) is 42.7 Å². The lowest BCUT2D eigenvalue weighted by Gasteiger charge is -2.14. The fourth-order valence-corrected chi connectivity index (χ4v) is 4.58. The van der Waals surface area contributed by atoms with Crippen molar-refractivity contribution in [2.45, 2.75) is 123 Å². The van der Waals surface area contributed by atoms with E-state index in [-0.39, 0.29) is 0 Å². The number of imidazole rings is 1. The molecule has 1 heterocycles. The molecule has 0 unspecified atom stereocenters. The molecule has 0 aliphatic rings. The molecule has 0 saturated carbocycles. The topological polar surface area (TPSA) is 19.7 Å². The molecule has 0 bridgehead atoms. The summed E-state index contributed by atoms with van der Waals surface area (Å²) in [6.45, 7) is 5.58. The molecule has 168 valence electrons. The Morgan fingerprint density at radius 2 is 1.23 bits per heavy atom. The summed E-state index contributed by atoms with van der Waals surface area (Å²) < 4.78 is 2.46. The number of aromatic amines is 1. The third-order valence-electron chi connectivity index (χ3n) is 6.44. The van der Waals surface area contributed by atoms with Crippen LogP contribution in [-0.2, 0) is 6.54 Å². The van der Waals surface area contributed by atoms with Gasteiger partial charge in [-0.2, -0.15) is 0 Å². The highest BCUT2D eigenvalue weighted by molar-refractivity contribution is 5.13. The van der Waals surface area contributed by atoms with Crippen molar-refractivity contribution in [1.82, 2.24) is 4.98 Å². The smallest absolute Gasteiger partial charge is 0.247 e. The Balaban J connectivity index is 1.85. The van der Waals surface area contributed by atoms with Gasteiger partial charge in [0.25, 0.3) is 5.82 Å². The summed E-state index contributed by atoms with van der Waals surface area (Å²) in [5, 5.41) is 0. The summed E-state index contributed by atoms with van der Waals surface area (Å²) in [5.41, 5.74) is 1.39. The van der Waals surface area contributed by atoms with E-state index in [1.54, 1.807) is 0 Å². The van der Waals surface area contributed by atoms with Gasteiger partial charge in [-0.15, -0.1) is 0 Å². The predicted octanol–water partition coefficient (Wildman–Crippen LogP) is 8.33. The van der Waals surface area contributed by atoms with Crippen LogP contribution >= 0.6 is 0 Å². The van der Waals surface area contributed by atoms with Crippen LogP contribution in [0.3, 0.4) is 0 Å². The summed E-state index contributed by atoms with van der Waals surface area (Å²) in [6, 6.07) is 10.9. The molecular weight excluding hydrogens is 364 g/mol. The molecule has 0 aliphatic carbocycles. The average molecular weight is 412 g/mol. The largest absolute Gasteiger partial charge is 0.257 e. The summed E-state index contributed by atoms with van der Waals surface area (Å²) in [5.74, 6) is 2.11. The van der Waals surface area contributed by atoms with Gasteiger partial charge in [0.15, 0.2) is 0 Å². The Bertz CT molecular complexity index is 631.